The number of amides is 1. The first-order valence-corrected chi connectivity index (χ1v) is 5.50. The van der Waals surface area contributed by atoms with Gasteiger partial charge in [-0.2, -0.15) is 0 Å². The Balaban J connectivity index is 2.30. The molecule has 0 bridgehead atoms. The van der Waals surface area contributed by atoms with Crippen molar-refractivity contribution < 1.29 is 4.79 Å². The SMILES string of the molecule is CC(C)[C@@H]1Cc2ccccc2CN1C=O. The third-order valence-corrected chi connectivity index (χ3v) is 3.23. The molecule has 2 nitrogen and oxygen atoms in total. The predicted octanol–water partition coefficient (Wildman–Crippen LogP) is 2.23. The average molecular weight is 203 g/mol. The molecule has 1 aliphatic rings. The zero-order valence-corrected chi connectivity index (χ0v) is 9.31. The summed E-state index contributed by atoms with van der Waals surface area (Å²) in [5.41, 5.74) is 2.69. The van der Waals surface area contributed by atoms with Gasteiger partial charge in [0.25, 0.3) is 0 Å². The lowest BCUT2D eigenvalue weighted by atomic mass is 9.88. The van der Waals surface area contributed by atoms with E-state index >= 15 is 0 Å². The highest BCUT2D eigenvalue weighted by Crippen LogP contribution is 2.25. The highest BCUT2D eigenvalue weighted by molar-refractivity contribution is 5.50. The average Bonchev–Trinajstić information content (AvgIpc) is 2.27. The molecule has 0 saturated carbocycles. The van der Waals surface area contributed by atoms with Crippen LogP contribution in [0.25, 0.3) is 0 Å². The van der Waals surface area contributed by atoms with Crippen LogP contribution in [-0.4, -0.2) is 17.4 Å². The molecule has 1 atom stereocenters. The summed E-state index contributed by atoms with van der Waals surface area (Å²) in [4.78, 5) is 12.9. The lowest BCUT2D eigenvalue weighted by Gasteiger charge is -2.36. The van der Waals surface area contributed by atoms with Gasteiger partial charge in [-0.05, 0) is 23.5 Å². The van der Waals surface area contributed by atoms with Gasteiger partial charge in [-0.25, -0.2) is 0 Å². The van der Waals surface area contributed by atoms with E-state index in [1.54, 1.807) is 0 Å². The van der Waals surface area contributed by atoms with Gasteiger partial charge in [0, 0.05) is 12.6 Å². The molecule has 1 aromatic rings. The summed E-state index contributed by atoms with van der Waals surface area (Å²) in [6, 6.07) is 8.76. The summed E-state index contributed by atoms with van der Waals surface area (Å²) in [5, 5.41) is 0. The molecule has 80 valence electrons. The van der Waals surface area contributed by atoms with Crippen LogP contribution in [0.15, 0.2) is 24.3 Å². The van der Waals surface area contributed by atoms with Gasteiger partial charge in [-0.3, -0.25) is 4.79 Å². The number of hydrogen-bond acceptors (Lipinski definition) is 1. The van der Waals surface area contributed by atoms with Crippen LogP contribution in [0.2, 0.25) is 0 Å². The zero-order chi connectivity index (χ0) is 10.8. The zero-order valence-electron chi connectivity index (χ0n) is 9.31. The van der Waals surface area contributed by atoms with Crippen molar-refractivity contribution in [3.8, 4) is 0 Å². The molecule has 0 aromatic heterocycles. The van der Waals surface area contributed by atoms with Crippen LogP contribution < -0.4 is 0 Å². The molecule has 2 heteroatoms. The van der Waals surface area contributed by atoms with E-state index in [-0.39, 0.29) is 0 Å². The van der Waals surface area contributed by atoms with Crippen LogP contribution in [0.5, 0.6) is 0 Å². The third kappa shape index (κ3) is 1.89. The highest BCUT2D eigenvalue weighted by atomic mass is 16.1. The first-order chi connectivity index (χ1) is 7.22. The van der Waals surface area contributed by atoms with Crippen molar-refractivity contribution in [3.63, 3.8) is 0 Å². The van der Waals surface area contributed by atoms with E-state index in [0.29, 0.717) is 12.0 Å². The lowest BCUT2D eigenvalue weighted by Crippen LogP contribution is -2.42. The maximum atomic E-state index is 11.0. The normalized spacial score (nSPS) is 20.2. The Hall–Kier alpha value is -1.31. The number of nitrogens with zero attached hydrogens (tertiary/aromatic N) is 1. The first kappa shape index (κ1) is 10.2. The Labute approximate surface area is 90.9 Å². The number of carbonyl (C=O) groups is 1. The van der Waals surface area contributed by atoms with E-state index in [4.69, 9.17) is 0 Å². The summed E-state index contributed by atoms with van der Waals surface area (Å²) in [7, 11) is 0. The molecular weight excluding hydrogens is 186 g/mol. The van der Waals surface area contributed by atoms with E-state index in [0.717, 1.165) is 19.4 Å². The van der Waals surface area contributed by atoms with Gasteiger partial charge in [0.2, 0.25) is 6.41 Å². The molecule has 15 heavy (non-hydrogen) atoms. The van der Waals surface area contributed by atoms with Gasteiger partial charge in [-0.1, -0.05) is 38.1 Å². The lowest BCUT2D eigenvalue weighted by molar-refractivity contribution is -0.122. The van der Waals surface area contributed by atoms with E-state index in [1.807, 2.05) is 11.0 Å². The van der Waals surface area contributed by atoms with Gasteiger partial charge in [-0.15, -0.1) is 0 Å². The number of rotatable bonds is 2. The maximum absolute atomic E-state index is 11.0. The van der Waals surface area contributed by atoms with E-state index < -0.39 is 0 Å². The maximum Gasteiger partial charge on any atom is 0.210 e. The number of benzene rings is 1. The van der Waals surface area contributed by atoms with Crippen molar-refractivity contribution in [2.75, 3.05) is 0 Å². The van der Waals surface area contributed by atoms with Crippen molar-refractivity contribution in [2.24, 2.45) is 5.92 Å². The second-order valence-corrected chi connectivity index (χ2v) is 4.56. The van der Waals surface area contributed by atoms with Gasteiger partial charge >= 0.3 is 0 Å². The van der Waals surface area contributed by atoms with Gasteiger partial charge < -0.3 is 4.90 Å². The fourth-order valence-electron chi connectivity index (χ4n) is 2.30. The second-order valence-electron chi connectivity index (χ2n) is 4.56. The largest absolute Gasteiger partial charge is 0.337 e. The molecule has 0 radical (unpaired) electrons. The minimum atomic E-state index is 0.359. The fourth-order valence-corrected chi connectivity index (χ4v) is 2.30. The molecule has 1 aromatic carbocycles. The minimum absolute atomic E-state index is 0.359. The number of hydrogen-bond donors (Lipinski definition) is 0. The molecule has 0 saturated heterocycles. The molecular formula is C13H17NO. The molecule has 1 amide bonds. The van der Waals surface area contributed by atoms with E-state index in [2.05, 4.69) is 32.0 Å². The summed E-state index contributed by atoms with van der Waals surface area (Å²) in [6.45, 7) is 5.12. The molecule has 0 aliphatic carbocycles. The quantitative estimate of drug-likeness (QED) is 0.675. The van der Waals surface area contributed by atoms with Crippen LogP contribution in [0.1, 0.15) is 25.0 Å². The molecule has 0 N–H and O–H groups in total. The third-order valence-electron chi connectivity index (χ3n) is 3.23. The van der Waals surface area contributed by atoms with Crippen molar-refractivity contribution in [3.05, 3.63) is 35.4 Å². The summed E-state index contributed by atoms with van der Waals surface area (Å²) in [6.07, 6.45) is 1.98. The van der Waals surface area contributed by atoms with Gasteiger partial charge in [0.15, 0.2) is 0 Å². The summed E-state index contributed by atoms with van der Waals surface area (Å²) in [5.74, 6) is 0.517. The van der Waals surface area contributed by atoms with Crippen LogP contribution >= 0.6 is 0 Å². The van der Waals surface area contributed by atoms with E-state index in [9.17, 15) is 4.79 Å². The number of fused-ring (bicyclic) bond motifs is 1. The second kappa shape index (κ2) is 4.05. The van der Waals surface area contributed by atoms with Crippen LogP contribution in [0.4, 0.5) is 0 Å². The predicted molar refractivity (Wildman–Crippen MR) is 60.4 cm³/mol. The molecule has 0 spiro atoms. The monoisotopic (exact) mass is 203 g/mol. The molecule has 0 fully saturated rings. The van der Waals surface area contributed by atoms with Crippen LogP contribution in [-0.2, 0) is 17.8 Å². The Bertz CT molecular complexity index is 359. The van der Waals surface area contributed by atoms with Crippen molar-refractivity contribution in [2.45, 2.75) is 32.9 Å². The van der Waals surface area contributed by atoms with Crippen molar-refractivity contribution >= 4 is 6.41 Å². The molecule has 2 rings (SSSR count). The van der Waals surface area contributed by atoms with Crippen LogP contribution in [0, 0.1) is 5.92 Å². The molecule has 1 aliphatic heterocycles. The van der Waals surface area contributed by atoms with Gasteiger partial charge in [0.1, 0.15) is 0 Å². The smallest absolute Gasteiger partial charge is 0.210 e. The summed E-state index contributed by atoms with van der Waals surface area (Å²) < 4.78 is 0. The Morgan fingerprint density at radius 1 is 1.33 bits per heavy atom. The fraction of sp³-hybridized carbons (Fsp3) is 0.462. The van der Waals surface area contributed by atoms with Crippen molar-refractivity contribution in [1.82, 2.24) is 4.90 Å². The highest BCUT2D eigenvalue weighted by Gasteiger charge is 2.26. The van der Waals surface area contributed by atoms with E-state index in [1.165, 1.54) is 11.1 Å². The summed E-state index contributed by atoms with van der Waals surface area (Å²) >= 11 is 0. The van der Waals surface area contributed by atoms with Crippen molar-refractivity contribution in [1.29, 1.82) is 0 Å². The molecule has 0 unspecified atom stereocenters. The standard InChI is InChI=1S/C13H17NO/c1-10(2)13-7-11-5-3-4-6-12(11)8-14(13)9-15/h3-6,9-10,13H,7-8H2,1-2H3/t13-/m0/s1. The minimum Gasteiger partial charge on any atom is -0.337 e. The van der Waals surface area contributed by atoms with Gasteiger partial charge in [0.05, 0.1) is 0 Å². The topological polar surface area (TPSA) is 20.3 Å². The molecule has 1 heterocycles. The van der Waals surface area contributed by atoms with Crippen LogP contribution in [0.3, 0.4) is 0 Å². The Morgan fingerprint density at radius 3 is 2.60 bits per heavy atom. The Kier molecular flexibility index (Phi) is 2.76. The first-order valence-electron chi connectivity index (χ1n) is 5.50. The Morgan fingerprint density at radius 2 is 2.00 bits per heavy atom. The number of carbonyl (C=O) groups excluding carboxylic acids is 1.